The number of phenolic OH excluding ortho intramolecular Hbond substituents is 1. The van der Waals surface area contributed by atoms with Crippen LogP contribution in [0.15, 0.2) is 54.4 Å². The van der Waals surface area contributed by atoms with Gasteiger partial charge in [0.25, 0.3) is 0 Å². The van der Waals surface area contributed by atoms with E-state index < -0.39 is 5.78 Å². The summed E-state index contributed by atoms with van der Waals surface area (Å²) in [6.07, 6.45) is 7.60. The number of ketones is 2. The van der Waals surface area contributed by atoms with E-state index in [1.165, 1.54) is 32.3 Å². The van der Waals surface area contributed by atoms with Crippen LogP contribution in [-0.2, 0) is 9.59 Å². The number of nitrogens with zero attached hydrogens (tertiary/aromatic N) is 1. The summed E-state index contributed by atoms with van der Waals surface area (Å²) >= 11 is 0. The standard InChI is InChI=1S/C19H17NO4/c1-13(21)16(11-15-7-9-20-10-8-15)17(22)5-3-14-4-6-18(23)19(12-14)24-2/h3-12,23H,1-2H3/b5-3+,16-11+. The molecular weight excluding hydrogens is 306 g/mol. The second-order valence-corrected chi connectivity index (χ2v) is 5.02. The average Bonchev–Trinajstić information content (AvgIpc) is 2.59. The highest BCUT2D eigenvalue weighted by molar-refractivity contribution is 6.27. The molecule has 122 valence electrons. The van der Waals surface area contributed by atoms with E-state index in [0.717, 1.165) is 5.56 Å². The number of Topliss-reactive ketones (excluding diaryl/α,β-unsaturated/α-hetero) is 1. The van der Waals surface area contributed by atoms with Crippen molar-refractivity contribution < 1.29 is 19.4 Å². The van der Waals surface area contributed by atoms with E-state index in [1.54, 1.807) is 42.7 Å². The summed E-state index contributed by atoms with van der Waals surface area (Å²) in [5, 5.41) is 9.56. The zero-order chi connectivity index (χ0) is 17.5. The third-order valence-corrected chi connectivity index (χ3v) is 3.29. The molecule has 0 saturated heterocycles. The summed E-state index contributed by atoms with van der Waals surface area (Å²) in [7, 11) is 1.44. The summed E-state index contributed by atoms with van der Waals surface area (Å²) in [5.41, 5.74) is 1.48. The molecule has 2 rings (SSSR count). The monoisotopic (exact) mass is 323 g/mol. The Bertz CT molecular complexity index is 807. The van der Waals surface area contributed by atoms with Crippen molar-refractivity contribution in [3.05, 3.63) is 65.5 Å². The molecule has 2 aromatic rings. The fourth-order valence-corrected chi connectivity index (χ4v) is 2.03. The average molecular weight is 323 g/mol. The molecule has 5 heteroatoms. The van der Waals surface area contributed by atoms with Crippen molar-refractivity contribution in [2.75, 3.05) is 7.11 Å². The number of rotatable bonds is 6. The minimum Gasteiger partial charge on any atom is -0.504 e. The lowest BCUT2D eigenvalue weighted by atomic mass is 10.0. The summed E-state index contributed by atoms with van der Waals surface area (Å²) < 4.78 is 5.02. The smallest absolute Gasteiger partial charge is 0.189 e. The molecule has 1 heterocycles. The van der Waals surface area contributed by atoms with Crippen molar-refractivity contribution in [3.8, 4) is 11.5 Å². The Morgan fingerprint density at radius 2 is 1.83 bits per heavy atom. The van der Waals surface area contributed by atoms with Gasteiger partial charge in [0, 0.05) is 12.4 Å². The maximum Gasteiger partial charge on any atom is 0.189 e. The molecule has 0 fully saturated rings. The van der Waals surface area contributed by atoms with Crippen molar-refractivity contribution in [1.29, 1.82) is 0 Å². The minimum atomic E-state index is -0.397. The van der Waals surface area contributed by atoms with Crippen LogP contribution in [0, 0.1) is 0 Å². The number of carbonyl (C=O) groups excluding carboxylic acids is 2. The van der Waals surface area contributed by atoms with Gasteiger partial charge < -0.3 is 9.84 Å². The Balaban J connectivity index is 2.25. The van der Waals surface area contributed by atoms with Crippen LogP contribution in [0.5, 0.6) is 11.5 Å². The van der Waals surface area contributed by atoms with Crippen molar-refractivity contribution in [2.24, 2.45) is 0 Å². The molecule has 0 unspecified atom stereocenters. The first-order valence-corrected chi connectivity index (χ1v) is 7.23. The predicted octanol–water partition coefficient (Wildman–Crippen LogP) is 3.05. The molecule has 0 amide bonds. The summed E-state index contributed by atoms with van der Waals surface area (Å²) in [6, 6.07) is 8.14. The maximum absolute atomic E-state index is 12.3. The van der Waals surface area contributed by atoms with Crippen molar-refractivity contribution in [2.45, 2.75) is 6.92 Å². The van der Waals surface area contributed by atoms with Crippen molar-refractivity contribution in [1.82, 2.24) is 4.98 Å². The van der Waals surface area contributed by atoms with E-state index in [2.05, 4.69) is 4.98 Å². The molecule has 0 aliphatic heterocycles. The maximum atomic E-state index is 12.3. The number of aromatic nitrogens is 1. The molecule has 5 nitrogen and oxygen atoms in total. The van der Waals surface area contributed by atoms with Crippen LogP contribution in [0.3, 0.4) is 0 Å². The van der Waals surface area contributed by atoms with E-state index in [4.69, 9.17) is 4.74 Å². The second kappa shape index (κ2) is 7.87. The van der Waals surface area contributed by atoms with E-state index in [9.17, 15) is 14.7 Å². The molecule has 1 N–H and O–H groups in total. The molecule has 0 atom stereocenters. The lowest BCUT2D eigenvalue weighted by molar-refractivity contribution is -0.118. The van der Waals surface area contributed by atoms with Gasteiger partial charge in [-0.05, 0) is 54.5 Å². The van der Waals surface area contributed by atoms with Gasteiger partial charge in [0.1, 0.15) is 0 Å². The number of hydrogen-bond donors (Lipinski definition) is 1. The summed E-state index contributed by atoms with van der Waals surface area (Å²) in [5.74, 6) is -0.386. The van der Waals surface area contributed by atoms with Crippen LogP contribution in [0.1, 0.15) is 18.1 Å². The number of hydrogen-bond acceptors (Lipinski definition) is 5. The van der Waals surface area contributed by atoms with Crippen molar-refractivity contribution >= 4 is 23.7 Å². The zero-order valence-electron chi connectivity index (χ0n) is 13.4. The van der Waals surface area contributed by atoms with Crippen LogP contribution in [0.2, 0.25) is 0 Å². The van der Waals surface area contributed by atoms with Gasteiger partial charge in [-0.2, -0.15) is 0 Å². The van der Waals surface area contributed by atoms with Crippen LogP contribution >= 0.6 is 0 Å². The summed E-state index contributed by atoms with van der Waals surface area (Å²) in [6.45, 7) is 1.35. The largest absolute Gasteiger partial charge is 0.504 e. The summed E-state index contributed by atoms with van der Waals surface area (Å²) in [4.78, 5) is 28.0. The third kappa shape index (κ3) is 4.39. The van der Waals surface area contributed by atoms with Crippen molar-refractivity contribution in [3.63, 3.8) is 0 Å². The molecule has 1 aromatic heterocycles. The molecule has 1 aromatic carbocycles. The van der Waals surface area contributed by atoms with Crippen LogP contribution in [0.4, 0.5) is 0 Å². The van der Waals surface area contributed by atoms with Crippen LogP contribution < -0.4 is 4.74 Å². The fourth-order valence-electron chi connectivity index (χ4n) is 2.03. The topological polar surface area (TPSA) is 76.5 Å². The van der Waals surface area contributed by atoms with Gasteiger partial charge in [0.2, 0.25) is 0 Å². The van der Waals surface area contributed by atoms with Gasteiger partial charge in [-0.3, -0.25) is 14.6 Å². The van der Waals surface area contributed by atoms with Gasteiger partial charge in [-0.15, -0.1) is 0 Å². The Labute approximate surface area is 139 Å². The molecule has 0 aliphatic carbocycles. The normalized spacial score (nSPS) is 11.5. The molecular formula is C19H17NO4. The highest BCUT2D eigenvalue weighted by atomic mass is 16.5. The predicted molar refractivity (Wildman–Crippen MR) is 91.6 cm³/mol. The fraction of sp³-hybridized carbons (Fsp3) is 0.105. The van der Waals surface area contributed by atoms with E-state index in [1.807, 2.05) is 0 Å². The van der Waals surface area contributed by atoms with Crippen LogP contribution in [0.25, 0.3) is 12.2 Å². The first-order chi connectivity index (χ1) is 11.5. The Morgan fingerprint density at radius 1 is 1.12 bits per heavy atom. The number of aromatic hydroxyl groups is 1. The first kappa shape index (κ1) is 17.1. The number of phenols is 1. The number of allylic oxidation sites excluding steroid dienone is 2. The highest BCUT2D eigenvalue weighted by Crippen LogP contribution is 2.26. The molecule has 0 saturated carbocycles. The van der Waals surface area contributed by atoms with Gasteiger partial charge in [0.15, 0.2) is 23.1 Å². The van der Waals surface area contributed by atoms with Gasteiger partial charge in [-0.25, -0.2) is 0 Å². The SMILES string of the molecule is COc1cc(/C=C/C(=O)/C(=C/c2ccncc2)C(C)=O)ccc1O. The molecule has 24 heavy (non-hydrogen) atoms. The molecule has 0 spiro atoms. The molecule has 0 bridgehead atoms. The van der Waals surface area contributed by atoms with Gasteiger partial charge >= 0.3 is 0 Å². The van der Waals surface area contributed by atoms with E-state index in [0.29, 0.717) is 11.3 Å². The second-order valence-electron chi connectivity index (χ2n) is 5.02. The third-order valence-electron chi connectivity index (χ3n) is 3.29. The number of benzene rings is 1. The Morgan fingerprint density at radius 3 is 2.46 bits per heavy atom. The zero-order valence-corrected chi connectivity index (χ0v) is 13.4. The van der Waals surface area contributed by atoms with Gasteiger partial charge in [0.05, 0.1) is 12.7 Å². The first-order valence-electron chi connectivity index (χ1n) is 7.23. The molecule has 0 radical (unpaired) electrons. The van der Waals surface area contributed by atoms with Gasteiger partial charge in [-0.1, -0.05) is 12.1 Å². The quantitative estimate of drug-likeness (QED) is 0.502. The number of pyridine rings is 1. The number of carbonyl (C=O) groups is 2. The van der Waals surface area contributed by atoms with E-state index in [-0.39, 0.29) is 17.1 Å². The molecule has 0 aliphatic rings. The lowest BCUT2D eigenvalue weighted by Crippen LogP contribution is -2.07. The van der Waals surface area contributed by atoms with E-state index >= 15 is 0 Å². The highest BCUT2D eigenvalue weighted by Gasteiger charge is 2.11. The lowest BCUT2D eigenvalue weighted by Gasteiger charge is -2.04. The Hall–Kier alpha value is -3.21. The number of ether oxygens (including phenoxy) is 1. The Kier molecular flexibility index (Phi) is 5.63. The number of methoxy groups -OCH3 is 1. The van der Waals surface area contributed by atoms with Crippen LogP contribution in [-0.4, -0.2) is 28.8 Å². The minimum absolute atomic E-state index is 0.0167.